The molecule has 1 saturated carbocycles. The van der Waals surface area contributed by atoms with E-state index in [1.54, 1.807) is 0 Å². The van der Waals surface area contributed by atoms with E-state index in [2.05, 4.69) is 16.0 Å². The maximum atomic E-state index is 5.97. The van der Waals surface area contributed by atoms with Crippen molar-refractivity contribution in [2.45, 2.75) is 50.8 Å². The van der Waals surface area contributed by atoms with Gasteiger partial charge in [-0.05, 0) is 37.5 Å². The van der Waals surface area contributed by atoms with Crippen molar-refractivity contribution in [3.05, 3.63) is 23.9 Å². The molecule has 4 nitrogen and oxygen atoms in total. The molecule has 2 heterocycles. The third-order valence-corrected chi connectivity index (χ3v) is 4.32. The Hall–Kier alpha value is -1.13. The minimum Gasteiger partial charge on any atom is -0.374 e. The summed E-state index contributed by atoms with van der Waals surface area (Å²) in [6, 6.07) is 4.71. The summed E-state index contributed by atoms with van der Waals surface area (Å²) in [7, 11) is 0. The molecule has 0 aromatic carbocycles. The molecule has 0 amide bonds. The van der Waals surface area contributed by atoms with Gasteiger partial charge in [-0.15, -0.1) is 0 Å². The highest BCUT2D eigenvalue weighted by molar-refractivity contribution is 5.44. The molecule has 2 aliphatic rings. The molecule has 0 bridgehead atoms. The average molecular weight is 261 g/mol. The lowest BCUT2D eigenvalue weighted by molar-refractivity contribution is -0.00899. The molecule has 3 atom stereocenters. The minimum atomic E-state index is 0.0601. The lowest BCUT2D eigenvalue weighted by atomic mass is 9.90. The largest absolute Gasteiger partial charge is 0.374 e. The third-order valence-electron chi connectivity index (χ3n) is 4.32. The zero-order valence-electron chi connectivity index (χ0n) is 11.6. The molecule has 2 unspecified atom stereocenters. The number of fused-ring (bicyclic) bond motifs is 1. The molecular formula is C15H23N3O. The van der Waals surface area contributed by atoms with Crippen LogP contribution in [0.1, 0.15) is 44.2 Å². The van der Waals surface area contributed by atoms with E-state index in [0.29, 0.717) is 12.1 Å². The van der Waals surface area contributed by atoms with Crippen LogP contribution in [0, 0.1) is 0 Å². The quantitative estimate of drug-likeness (QED) is 0.887. The van der Waals surface area contributed by atoms with Gasteiger partial charge < -0.3 is 15.4 Å². The van der Waals surface area contributed by atoms with Gasteiger partial charge in [0.1, 0.15) is 5.82 Å². The van der Waals surface area contributed by atoms with Crippen LogP contribution in [-0.2, 0) is 4.74 Å². The van der Waals surface area contributed by atoms with Crippen LogP contribution in [-0.4, -0.2) is 30.3 Å². The molecule has 4 heteroatoms. The molecule has 104 valence electrons. The highest BCUT2D eigenvalue weighted by atomic mass is 16.5. The Morgan fingerprint density at radius 1 is 1.42 bits per heavy atom. The monoisotopic (exact) mass is 261 g/mol. The first-order chi connectivity index (χ1) is 9.25. The number of hydrogen-bond donors (Lipinski definition) is 1. The molecule has 1 aliphatic carbocycles. The Labute approximate surface area is 115 Å². The Balaban J connectivity index is 1.85. The van der Waals surface area contributed by atoms with Gasteiger partial charge in [-0.1, -0.05) is 12.8 Å². The number of ether oxygens (including phenoxy) is 1. The van der Waals surface area contributed by atoms with E-state index in [0.717, 1.165) is 24.5 Å². The fraction of sp³-hybridized carbons (Fsp3) is 0.667. The van der Waals surface area contributed by atoms with E-state index in [1.165, 1.54) is 25.7 Å². The van der Waals surface area contributed by atoms with Crippen molar-refractivity contribution in [2.75, 3.05) is 18.1 Å². The number of pyridine rings is 1. The van der Waals surface area contributed by atoms with Crippen LogP contribution < -0.4 is 10.6 Å². The van der Waals surface area contributed by atoms with Crippen molar-refractivity contribution in [3.63, 3.8) is 0 Å². The summed E-state index contributed by atoms with van der Waals surface area (Å²) in [6.07, 6.45) is 7.27. The van der Waals surface area contributed by atoms with Crippen molar-refractivity contribution in [1.29, 1.82) is 0 Å². The normalized spacial score (nSPS) is 28.8. The van der Waals surface area contributed by atoms with Gasteiger partial charge in [0.25, 0.3) is 0 Å². The van der Waals surface area contributed by atoms with Gasteiger partial charge in [-0.25, -0.2) is 4.98 Å². The van der Waals surface area contributed by atoms with Gasteiger partial charge >= 0.3 is 0 Å². The first-order valence-corrected chi connectivity index (χ1v) is 7.35. The topological polar surface area (TPSA) is 51.4 Å². The fourth-order valence-electron chi connectivity index (χ4n) is 3.26. The Morgan fingerprint density at radius 3 is 3.11 bits per heavy atom. The summed E-state index contributed by atoms with van der Waals surface area (Å²) >= 11 is 0. The van der Waals surface area contributed by atoms with Gasteiger partial charge in [-0.2, -0.15) is 0 Å². The number of aromatic nitrogens is 1. The minimum absolute atomic E-state index is 0.0601. The predicted octanol–water partition coefficient (Wildman–Crippen LogP) is 2.25. The van der Waals surface area contributed by atoms with Crippen LogP contribution in [0.5, 0.6) is 0 Å². The van der Waals surface area contributed by atoms with E-state index < -0.39 is 0 Å². The maximum Gasteiger partial charge on any atom is 0.129 e. The molecule has 19 heavy (non-hydrogen) atoms. The second kappa shape index (κ2) is 5.47. The fourth-order valence-corrected chi connectivity index (χ4v) is 3.26. The van der Waals surface area contributed by atoms with Crippen LogP contribution in [0.4, 0.5) is 5.82 Å². The number of hydrogen-bond acceptors (Lipinski definition) is 4. The van der Waals surface area contributed by atoms with Crippen LogP contribution >= 0.6 is 0 Å². The molecule has 0 spiro atoms. The summed E-state index contributed by atoms with van der Waals surface area (Å²) in [6.45, 7) is 3.77. The summed E-state index contributed by atoms with van der Waals surface area (Å²) in [4.78, 5) is 6.98. The predicted molar refractivity (Wildman–Crippen MR) is 76.2 cm³/mol. The number of rotatable bonds is 2. The summed E-state index contributed by atoms with van der Waals surface area (Å²) in [5.74, 6) is 1.06. The van der Waals surface area contributed by atoms with E-state index in [9.17, 15) is 0 Å². The van der Waals surface area contributed by atoms with Crippen molar-refractivity contribution < 1.29 is 4.74 Å². The molecule has 1 aliphatic heterocycles. The van der Waals surface area contributed by atoms with Gasteiger partial charge in [0.2, 0.25) is 0 Å². The highest BCUT2D eigenvalue weighted by Gasteiger charge is 2.34. The zero-order chi connectivity index (χ0) is 13.2. The van der Waals surface area contributed by atoms with Gasteiger partial charge in [0.05, 0.1) is 18.8 Å². The first-order valence-electron chi connectivity index (χ1n) is 7.35. The lowest BCUT2D eigenvalue weighted by Crippen LogP contribution is -2.53. The van der Waals surface area contributed by atoms with Crippen LogP contribution in [0.3, 0.4) is 0 Å². The maximum absolute atomic E-state index is 5.97. The second-order valence-corrected chi connectivity index (χ2v) is 5.69. The number of nitrogens with two attached hydrogens (primary N) is 1. The van der Waals surface area contributed by atoms with Crippen molar-refractivity contribution in [2.24, 2.45) is 5.73 Å². The number of morpholine rings is 1. The molecule has 2 fully saturated rings. The summed E-state index contributed by atoms with van der Waals surface area (Å²) < 4.78 is 5.92. The standard InChI is InChI=1S/C15H23N3O/c1-11(16)12-6-7-17-15(10-12)18-8-9-19-14-5-3-2-4-13(14)18/h6-7,10-11,13-14H,2-5,8-9,16H2,1H3/t11-,13?,14?/m0/s1. The molecule has 1 saturated heterocycles. The molecule has 1 aromatic rings. The Kier molecular flexibility index (Phi) is 3.71. The van der Waals surface area contributed by atoms with E-state index in [-0.39, 0.29) is 6.04 Å². The summed E-state index contributed by atoms with van der Waals surface area (Å²) in [5, 5.41) is 0. The first kappa shape index (κ1) is 12.9. The summed E-state index contributed by atoms with van der Waals surface area (Å²) in [5.41, 5.74) is 7.13. The third kappa shape index (κ3) is 2.60. The van der Waals surface area contributed by atoms with Crippen LogP contribution in [0.25, 0.3) is 0 Å². The molecule has 2 N–H and O–H groups in total. The molecular weight excluding hydrogens is 238 g/mol. The number of anilines is 1. The van der Waals surface area contributed by atoms with Crippen LogP contribution in [0.15, 0.2) is 18.3 Å². The lowest BCUT2D eigenvalue weighted by Gasteiger charge is -2.44. The zero-order valence-corrected chi connectivity index (χ0v) is 11.6. The molecule has 1 aromatic heterocycles. The second-order valence-electron chi connectivity index (χ2n) is 5.69. The number of nitrogens with zero attached hydrogens (tertiary/aromatic N) is 2. The van der Waals surface area contributed by atoms with E-state index in [4.69, 9.17) is 10.5 Å². The molecule has 3 rings (SSSR count). The average Bonchev–Trinajstić information content (AvgIpc) is 2.47. The van der Waals surface area contributed by atoms with E-state index >= 15 is 0 Å². The molecule has 0 radical (unpaired) electrons. The Bertz CT molecular complexity index is 433. The SMILES string of the molecule is C[C@H](N)c1ccnc(N2CCOC3CCCCC32)c1. The Morgan fingerprint density at radius 2 is 2.26 bits per heavy atom. The van der Waals surface area contributed by atoms with Gasteiger partial charge in [-0.3, -0.25) is 0 Å². The van der Waals surface area contributed by atoms with Gasteiger partial charge in [0, 0.05) is 18.8 Å². The van der Waals surface area contributed by atoms with E-state index in [1.807, 2.05) is 19.2 Å². The highest BCUT2D eigenvalue weighted by Crippen LogP contribution is 2.31. The van der Waals surface area contributed by atoms with Crippen molar-refractivity contribution in [3.8, 4) is 0 Å². The van der Waals surface area contributed by atoms with Crippen molar-refractivity contribution in [1.82, 2.24) is 4.98 Å². The van der Waals surface area contributed by atoms with Crippen molar-refractivity contribution >= 4 is 5.82 Å². The smallest absolute Gasteiger partial charge is 0.129 e. The van der Waals surface area contributed by atoms with Crippen LogP contribution in [0.2, 0.25) is 0 Å². The van der Waals surface area contributed by atoms with Gasteiger partial charge in [0.15, 0.2) is 0 Å².